The van der Waals surface area contributed by atoms with Crippen LogP contribution in [0.4, 0.5) is 13.2 Å². The Balaban J connectivity index is 2.01. The van der Waals surface area contributed by atoms with Crippen LogP contribution in [-0.4, -0.2) is 20.7 Å². The largest absolute Gasteiger partial charge is 0.573 e. The van der Waals surface area contributed by atoms with Gasteiger partial charge in [-0.2, -0.15) is 5.10 Å². The Morgan fingerprint density at radius 2 is 1.80 bits per heavy atom. The van der Waals surface area contributed by atoms with E-state index in [4.69, 9.17) is 0 Å². The molecule has 25 heavy (non-hydrogen) atoms. The van der Waals surface area contributed by atoms with Crippen molar-refractivity contribution >= 4 is 0 Å². The van der Waals surface area contributed by atoms with Gasteiger partial charge in [0.1, 0.15) is 5.75 Å². The molecular weight excluding hydrogens is 335 g/mol. The van der Waals surface area contributed by atoms with Crippen LogP contribution in [0, 0.1) is 6.92 Å². The molecule has 0 atom stereocenters. The van der Waals surface area contributed by atoms with Gasteiger partial charge in [-0.1, -0.05) is 0 Å². The lowest BCUT2D eigenvalue weighted by atomic mass is 10.1. The minimum atomic E-state index is -4.75. The number of nitrogens with zero attached hydrogens (tertiary/aromatic N) is 3. The Kier molecular flexibility index (Phi) is 4.12. The molecular formula is C17H14F3N3O2. The molecule has 3 aromatic rings. The van der Waals surface area contributed by atoms with Crippen LogP contribution in [0.3, 0.4) is 0 Å². The van der Waals surface area contributed by atoms with E-state index in [1.54, 1.807) is 24.1 Å². The van der Waals surface area contributed by atoms with Gasteiger partial charge >= 0.3 is 6.36 Å². The van der Waals surface area contributed by atoms with Gasteiger partial charge in [-0.15, -0.1) is 13.2 Å². The van der Waals surface area contributed by atoms with Crippen LogP contribution >= 0.6 is 0 Å². The number of pyridine rings is 1. The highest BCUT2D eigenvalue weighted by molar-refractivity contribution is 5.65. The van der Waals surface area contributed by atoms with E-state index in [9.17, 15) is 18.0 Å². The number of benzene rings is 1. The topological polar surface area (TPSA) is 49.1 Å². The van der Waals surface area contributed by atoms with E-state index in [0.717, 1.165) is 16.7 Å². The molecule has 0 radical (unpaired) electrons. The first kappa shape index (κ1) is 16.8. The molecule has 0 bridgehead atoms. The van der Waals surface area contributed by atoms with Crippen molar-refractivity contribution in [1.82, 2.24) is 14.3 Å². The normalized spacial score (nSPS) is 11.6. The van der Waals surface area contributed by atoms with Gasteiger partial charge in [-0.05, 0) is 36.8 Å². The van der Waals surface area contributed by atoms with Crippen molar-refractivity contribution < 1.29 is 17.9 Å². The minimum absolute atomic E-state index is 0.283. The zero-order chi connectivity index (χ0) is 18.2. The molecule has 0 spiro atoms. The quantitative estimate of drug-likeness (QED) is 0.728. The van der Waals surface area contributed by atoms with Crippen molar-refractivity contribution in [2.24, 2.45) is 7.05 Å². The van der Waals surface area contributed by atoms with Gasteiger partial charge in [0.15, 0.2) is 0 Å². The van der Waals surface area contributed by atoms with Gasteiger partial charge in [-0.25, -0.2) is 0 Å². The van der Waals surface area contributed by atoms with Gasteiger partial charge in [-0.3, -0.25) is 14.0 Å². The fourth-order valence-electron chi connectivity index (χ4n) is 2.50. The number of rotatable bonds is 3. The van der Waals surface area contributed by atoms with Crippen molar-refractivity contribution in [3.63, 3.8) is 0 Å². The lowest BCUT2D eigenvalue weighted by Crippen LogP contribution is -2.18. The fraction of sp³-hybridized carbons (Fsp3) is 0.176. The summed E-state index contributed by atoms with van der Waals surface area (Å²) in [5, 5.41) is 4.11. The Bertz CT molecular complexity index is 957. The summed E-state index contributed by atoms with van der Waals surface area (Å²) in [6.07, 6.45) is 0.388. The third-order valence-electron chi connectivity index (χ3n) is 3.62. The van der Waals surface area contributed by atoms with Crippen molar-refractivity contribution in [3.8, 4) is 22.6 Å². The number of aromatic nitrogens is 3. The van der Waals surface area contributed by atoms with Crippen LogP contribution in [-0.2, 0) is 7.05 Å². The molecule has 0 amide bonds. The van der Waals surface area contributed by atoms with Crippen LogP contribution in [0.5, 0.6) is 5.75 Å². The Morgan fingerprint density at radius 1 is 1.12 bits per heavy atom. The monoisotopic (exact) mass is 349 g/mol. The molecule has 0 saturated heterocycles. The summed E-state index contributed by atoms with van der Waals surface area (Å²) in [7, 11) is 1.79. The second-order valence-electron chi connectivity index (χ2n) is 5.52. The third-order valence-corrected chi connectivity index (χ3v) is 3.62. The third kappa shape index (κ3) is 3.73. The summed E-state index contributed by atoms with van der Waals surface area (Å²) >= 11 is 0. The van der Waals surface area contributed by atoms with Crippen molar-refractivity contribution in [1.29, 1.82) is 0 Å². The zero-order valence-corrected chi connectivity index (χ0v) is 13.4. The molecule has 1 aromatic carbocycles. The van der Waals surface area contributed by atoms with Gasteiger partial charge in [0, 0.05) is 42.3 Å². The predicted octanol–water partition coefficient (Wildman–Crippen LogP) is 3.45. The zero-order valence-electron chi connectivity index (χ0n) is 13.4. The predicted molar refractivity (Wildman–Crippen MR) is 85.7 cm³/mol. The molecule has 0 aliphatic heterocycles. The minimum Gasteiger partial charge on any atom is -0.406 e. The van der Waals surface area contributed by atoms with Crippen LogP contribution in [0.2, 0.25) is 0 Å². The summed E-state index contributed by atoms with van der Waals surface area (Å²) in [6, 6.07) is 6.59. The first-order valence-corrected chi connectivity index (χ1v) is 7.31. The lowest BCUT2D eigenvalue weighted by molar-refractivity contribution is -0.274. The van der Waals surface area contributed by atoms with E-state index in [0.29, 0.717) is 5.69 Å². The van der Waals surface area contributed by atoms with Crippen LogP contribution in [0.1, 0.15) is 5.56 Å². The number of halogens is 3. The number of alkyl halides is 3. The van der Waals surface area contributed by atoms with E-state index < -0.39 is 6.36 Å². The van der Waals surface area contributed by atoms with E-state index >= 15 is 0 Å². The molecule has 2 heterocycles. The summed E-state index contributed by atoms with van der Waals surface area (Å²) in [5.41, 5.74) is 2.58. The molecule has 0 saturated carbocycles. The summed E-state index contributed by atoms with van der Waals surface area (Å²) in [6.45, 7) is 1.81. The van der Waals surface area contributed by atoms with Crippen LogP contribution < -0.4 is 10.3 Å². The summed E-state index contributed by atoms with van der Waals surface area (Å²) < 4.78 is 43.5. The van der Waals surface area contributed by atoms with E-state index in [1.807, 2.05) is 13.1 Å². The first-order chi connectivity index (χ1) is 11.7. The summed E-state index contributed by atoms with van der Waals surface area (Å²) in [4.78, 5) is 12.3. The Labute approximate surface area is 140 Å². The second-order valence-corrected chi connectivity index (χ2v) is 5.52. The maximum absolute atomic E-state index is 12.3. The van der Waals surface area contributed by atoms with Gasteiger partial charge in [0.05, 0.1) is 6.20 Å². The average Bonchev–Trinajstić information content (AvgIpc) is 2.93. The van der Waals surface area contributed by atoms with E-state index in [1.165, 1.54) is 34.9 Å². The molecule has 5 nitrogen and oxygen atoms in total. The number of hydrogen-bond acceptors (Lipinski definition) is 3. The van der Waals surface area contributed by atoms with E-state index in [-0.39, 0.29) is 11.3 Å². The molecule has 3 rings (SSSR count). The van der Waals surface area contributed by atoms with Crippen molar-refractivity contribution in [2.75, 3.05) is 0 Å². The maximum atomic E-state index is 12.3. The molecule has 0 aliphatic rings. The number of ether oxygens (including phenoxy) is 1. The van der Waals surface area contributed by atoms with Gasteiger partial charge in [0.2, 0.25) is 0 Å². The average molecular weight is 349 g/mol. The SMILES string of the molecule is Cc1cc(=O)n(-c2ccc(OC(F)(F)F)cc2)cc1-c1cnn(C)c1. The molecule has 0 fully saturated rings. The first-order valence-electron chi connectivity index (χ1n) is 7.31. The maximum Gasteiger partial charge on any atom is 0.573 e. The lowest BCUT2D eigenvalue weighted by Gasteiger charge is -2.12. The number of hydrogen-bond donors (Lipinski definition) is 0. The molecule has 8 heteroatoms. The highest BCUT2D eigenvalue weighted by atomic mass is 19.4. The van der Waals surface area contributed by atoms with Crippen molar-refractivity contribution in [3.05, 3.63) is 64.8 Å². The molecule has 0 aliphatic carbocycles. The molecule has 130 valence electrons. The standard InChI is InChI=1S/C17H14F3N3O2/c1-11-7-16(24)23(10-15(11)12-8-21-22(2)9-12)13-3-5-14(6-4-13)25-17(18,19)20/h3-10H,1-2H3. The van der Waals surface area contributed by atoms with Crippen LogP contribution in [0.15, 0.2) is 53.7 Å². The van der Waals surface area contributed by atoms with E-state index in [2.05, 4.69) is 9.84 Å². The highest BCUT2D eigenvalue weighted by Crippen LogP contribution is 2.25. The summed E-state index contributed by atoms with van der Waals surface area (Å²) in [5.74, 6) is -0.344. The highest BCUT2D eigenvalue weighted by Gasteiger charge is 2.31. The Morgan fingerprint density at radius 3 is 2.36 bits per heavy atom. The fourth-order valence-corrected chi connectivity index (χ4v) is 2.50. The van der Waals surface area contributed by atoms with Crippen molar-refractivity contribution in [2.45, 2.75) is 13.3 Å². The molecule has 0 unspecified atom stereocenters. The molecule has 2 aromatic heterocycles. The number of aryl methyl sites for hydroxylation is 2. The molecule has 0 N–H and O–H groups in total. The Hall–Kier alpha value is -3.03. The van der Waals surface area contributed by atoms with Gasteiger partial charge in [0.25, 0.3) is 5.56 Å². The van der Waals surface area contributed by atoms with Crippen LogP contribution in [0.25, 0.3) is 16.8 Å². The second kappa shape index (κ2) is 6.12. The van der Waals surface area contributed by atoms with Gasteiger partial charge < -0.3 is 4.74 Å². The smallest absolute Gasteiger partial charge is 0.406 e.